The largest absolute Gasteiger partial charge is 0.497 e. The first kappa shape index (κ1) is 23.1. The van der Waals surface area contributed by atoms with Gasteiger partial charge in [0.2, 0.25) is 5.91 Å². The van der Waals surface area contributed by atoms with E-state index in [-0.39, 0.29) is 24.3 Å². The number of anilines is 2. The van der Waals surface area contributed by atoms with E-state index < -0.39 is 5.60 Å². The Hall–Kier alpha value is -3.65. The lowest BCUT2D eigenvalue weighted by Crippen LogP contribution is -2.38. The Morgan fingerprint density at radius 2 is 2.06 bits per heavy atom. The molecule has 1 aromatic heterocycles. The van der Waals surface area contributed by atoms with Crippen LogP contribution in [0.15, 0.2) is 48.7 Å². The van der Waals surface area contributed by atoms with E-state index in [1.54, 1.807) is 31.5 Å². The van der Waals surface area contributed by atoms with Crippen LogP contribution in [0.25, 0.3) is 10.9 Å². The molecule has 0 bridgehead atoms. The van der Waals surface area contributed by atoms with Gasteiger partial charge >= 0.3 is 0 Å². The van der Waals surface area contributed by atoms with Crippen LogP contribution in [0.1, 0.15) is 37.7 Å². The molecule has 182 valence electrons. The highest BCUT2D eigenvalue weighted by Crippen LogP contribution is 2.37. The number of carbonyl (C=O) groups is 2. The molecule has 2 amide bonds. The minimum absolute atomic E-state index is 0.00470. The molecule has 8 nitrogen and oxygen atoms in total. The average Bonchev–Trinajstić information content (AvgIpc) is 2.87. The maximum Gasteiger partial charge on any atom is 0.262 e. The molecule has 0 unspecified atom stereocenters. The first-order valence-corrected chi connectivity index (χ1v) is 11.9. The van der Waals surface area contributed by atoms with Gasteiger partial charge in [0.05, 0.1) is 23.9 Å². The van der Waals surface area contributed by atoms with Gasteiger partial charge in [-0.15, -0.1) is 0 Å². The van der Waals surface area contributed by atoms with Crippen molar-refractivity contribution in [3.05, 3.63) is 54.2 Å². The van der Waals surface area contributed by atoms with E-state index in [0.717, 1.165) is 28.6 Å². The van der Waals surface area contributed by atoms with E-state index in [4.69, 9.17) is 9.47 Å². The Bertz CT molecular complexity index is 1270. The predicted octanol–water partition coefficient (Wildman–Crippen LogP) is 4.07. The first-order valence-electron chi connectivity index (χ1n) is 11.9. The summed E-state index contributed by atoms with van der Waals surface area (Å²) in [4.78, 5) is 28.8. The number of methoxy groups -OCH3 is 1. The van der Waals surface area contributed by atoms with Crippen LogP contribution in [-0.4, -0.2) is 41.2 Å². The van der Waals surface area contributed by atoms with E-state index >= 15 is 0 Å². The molecule has 1 aliphatic carbocycles. The zero-order valence-corrected chi connectivity index (χ0v) is 19.7. The van der Waals surface area contributed by atoms with Gasteiger partial charge in [-0.25, -0.2) is 0 Å². The minimum atomic E-state index is -0.793. The molecule has 1 saturated carbocycles. The summed E-state index contributed by atoms with van der Waals surface area (Å²) in [6.45, 7) is -0.00470. The number of pyridine rings is 1. The molecule has 0 atom stereocenters. The van der Waals surface area contributed by atoms with Gasteiger partial charge in [-0.05, 0) is 86.6 Å². The standard InChI is InChI=1S/C27H29N3O5/c1-34-20-3-4-22-21(15-20)17(9-13-28-22)6-10-27(33)11-7-18(8-12-27)26(32)29-19-2-5-24-23(14-19)30-25(31)16-35-24/h2-5,9,13-15,18,33H,6-8,10-12,16H2,1H3,(H,29,32)(H,30,31)/t18-,27+. The number of carbonyl (C=O) groups excluding carboxylic acids is 2. The summed E-state index contributed by atoms with van der Waals surface area (Å²) in [6, 6.07) is 13.0. The van der Waals surface area contributed by atoms with Crippen molar-refractivity contribution in [3.8, 4) is 11.5 Å². The average molecular weight is 476 g/mol. The number of ether oxygens (including phenoxy) is 2. The summed E-state index contributed by atoms with van der Waals surface area (Å²) in [5.74, 6) is 0.924. The van der Waals surface area contributed by atoms with Crippen molar-refractivity contribution in [3.63, 3.8) is 0 Å². The number of benzene rings is 2. The lowest BCUT2D eigenvalue weighted by atomic mass is 9.75. The van der Waals surface area contributed by atoms with Crippen LogP contribution in [0.2, 0.25) is 0 Å². The van der Waals surface area contributed by atoms with Crippen molar-refractivity contribution in [1.82, 2.24) is 4.98 Å². The van der Waals surface area contributed by atoms with Crippen molar-refractivity contribution in [1.29, 1.82) is 0 Å². The minimum Gasteiger partial charge on any atom is -0.497 e. The maximum atomic E-state index is 12.9. The zero-order valence-electron chi connectivity index (χ0n) is 19.7. The quantitative estimate of drug-likeness (QED) is 0.496. The predicted molar refractivity (Wildman–Crippen MR) is 133 cm³/mol. The number of rotatable bonds is 6. The molecule has 0 spiro atoms. The summed E-state index contributed by atoms with van der Waals surface area (Å²) in [6.07, 6.45) is 5.55. The zero-order chi connectivity index (χ0) is 24.4. The Morgan fingerprint density at radius 3 is 2.86 bits per heavy atom. The lowest BCUT2D eigenvalue weighted by molar-refractivity contribution is -0.123. The third-order valence-electron chi connectivity index (χ3n) is 7.07. The molecule has 2 heterocycles. The molecule has 0 saturated heterocycles. The van der Waals surface area contributed by atoms with Crippen molar-refractivity contribution in [2.45, 2.75) is 44.1 Å². The highest BCUT2D eigenvalue weighted by molar-refractivity contribution is 5.98. The summed E-state index contributed by atoms with van der Waals surface area (Å²) in [5, 5.41) is 18.0. The molecule has 2 aromatic carbocycles. The van der Waals surface area contributed by atoms with E-state index in [1.807, 2.05) is 24.3 Å². The molecule has 1 aliphatic heterocycles. The van der Waals surface area contributed by atoms with Gasteiger partial charge in [0.15, 0.2) is 6.61 Å². The SMILES string of the molecule is COc1ccc2nccc(CC[C@]3(O)CC[C@@H](C(=O)Nc4ccc5c(c4)NC(=O)CO5)CC3)c2c1. The Morgan fingerprint density at radius 1 is 1.23 bits per heavy atom. The van der Waals surface area contributed by atoms with Crippen LogP contribution < -0.4 is 20.1 Å². The fourth-order valence-electron chi connectivity index (χ4n) is 4.97. The Kier molecular flexibility index (Phi) is 6.30. The van der Waals surface area contributed by atoms with Crippen LogP contribution >= 0.6 is 0 Å². The third-order valence-corrected chi connectivity index (χ3v) is 7.07. The summed E-state index contributed by atoms with van der Waals surface area (Å²) >= 11 is 0. The van der Waals surface area contributed by atoms with Crippen LogP contribution in [0.3, 0.4) is 0 Å². The number of hydrogen-bond acceptors (Lipinski definition) is 6. The van der Waals surface area contributed by atoms with E-state index in [0.29, 0.717) is 49.2 Å². The van der Waals surface area contributed by atoms with Gasteiger partial charge in [-0.2, -0.15) is 0 Å². The number of hydrogen-bond donors (Lipinski definition) is 3. The second kappa shape index (κ2) is 9.54. The van der Waals surface area contributed by atoms with E-state index in [2.05, 4.69) is 15.6 Å². The summed E-state index contributed by atoms with van der Waals surface area (Å²) in [5.41, 5.74) is 2.41. The fourth-order valence-corrected chi connectivity index (χ4v) is 4.97. The van der Waals surface area contributed by atoms with Gasteiger partial charge in [-0.1, -0.05) is 0 Å². The Balaban J connectivity index is 1.18. The second-order valence-corrected chi connectivity index (χ2v) is 9.39. The monoisotopic (exact) mass is 475 g/mol. The topological polar surface area (TPSA) is 110 Å². The molecule has 35 heavy (non-hydrogen) atoms. The van der Waals surface area contributed by atoms with Gasteiger partial charge in [0, 0.05) is 23.2 Å². The fraction of sp³-hybridized carbons (Fsp3) is 0.370. The maximum absolute atomic E-state index is 12.9. The molecule has 1 fully saturated rings. The van der Waals surface area contributed by atoms with E-state index in [1.165, 1.54) is 0 Å². The number of aliphatic hydroxyl groups is 1. The molecular weight excluding hydrogens is 446 g/mol. The van der Waals surface area contributed by atoms with E-state index in [9.17, 15) is 14.7 Å². The number of fused-ring (bicyclic) bond motifs is 2. The van der Waals surface area contributed by atoms with Crippen LogP contribution in [0.4, 0.5) is 11.4 Å². The molecule has 3 aromatic rings. The molecule has 2 aliphatic rings. The van der Waals surface area contributed by atoms with Crippen molar-refractivity contribution in [2.75, 3.05) is 24.4 Å². The number of amides is 2. The number of nitrogens with zero attached hydrogens (tertiary/aromatic N) is 1. The summed E-state index contributed by atoms with van der Waals surface area (Å²) in [7, 11) is 1.65. The first-order chi connectivity index (χ1) is 16.9. The molecular formula is C27H29N3O5. The van der Waals surface area contributed by atoms with Crippen molar-refractivity contribution < 1.29 is 24.2 Å². The van der Waals surface area contributed by atoms with Crippen LogP contribution in [0.5, 0.6) is 11.5 Å². The number of aryl methyl sites for hydroxylation is 1. The van der Waals surface area contributed by atoms with Crippen LogP contribution in [-0.2, 0) is 16.0 Å². The molecule has 8 heteroatoms. The normalized spacial score (nSPS) is 21.5. The van der Waals surface area contributed by atoms with Gasteiger partial charge < -0.3 is 25.2 Å². The molecule has 0 radical (unpaired) electrons. The highest BCUT2D eigenvalue weighted by Gasteiger charge is 2.35. The lowest BCUT2D eigenvalue weighted by Gasteiger charge is -2.35. The third kappa shape index (κ3) is 5.07. The van der Waals surface area contributed by atoms with Gasteiger partial charge in [0.1, 0.15) is 11.5 Å². The molecule has 3 N–H and O–H groups in total. The summed E-state index contributed by atoms with van der Waals surface area (Å²) < 4.78 is 10.7. The molecule has 5 rings (SSSR count). The van der Waals surface area contributed by atoms with Gasteiger partial charge in [0.25, 0.3) is 5.91 Å². The van der Waals surface area contributed by atoms with Gasteiger partial charge in [-0.3, -0.25) is 14.6 Å². The van der Waals surface area contributed by atoms with Crippen molar-refractivity contribution in [2.24, 2.45) is 5.92 Å². The highest BCUT2D eigenvalue weighted by atomic mass is 16.5. The number of nitrogens with one attached hydrogen (secondary N) is 2. The van der Waals surface area contributed by atoms with Crippen molar-refractivity contribution >= 4 is 34.1 Å². The Labute approximate surface area is 203 Å². The van der Waals surface area contributed by atoms with Crippen LogP contribution in [0, 0.1) is 5.92 Å². The second-order valence-electron chi connectivity index (χ2n) is 9.39. The smallest absolute Gasteiger partial charge is 0.262 e. The number of aromatic nitrogens is 1.